The van der Waals surface area contributed by atoms with Gasteiger partial charge in [0, 0.05) is 38.6 Å². The molecule has 5 rings (SSSR count). The summed E-state index contributed by atoms with van der Waals surface area (Å²) in [4.78, 5) is 0. The normalized spacial score (nSPS) is 47.2. The summed E-state index contributed by atoms with van der Waals surface area (Å²) in [5, 5.41) is 12.6. The molecule has 0 aromatic heterocycles. The Bertz CT molecular complexity index is 862. The van der Waals surface area contributed by atoms with Crippen molar-refractivity contribution in [3.05, 3.63) is 23.0 Å². The second kappa shape index (κ2) is 8.63. The van der Waals surface area contributed by atoms with Crippen molar-refractivity contribution < 1.29 is 19.3 Å². The summed E-state index contributed by atoms with van der Waals surface area (Å²) in [5.74, 6) is 3.47. The first-order chi connectivity index (χ1) is 16.1. The van der Waals surface area contributed by atoms with Crippen molar-refractivity contribution in [3.63, 3.8) is 0 Å². The average molecular weight is 473 g/mol. The molecule has 1 N–H and O–H groups in total. The predicted octanol–water partition coefficient (Wildman–Crippen LogP) is 6.29. The molecule has 3 saturated carbocycles. The molecule has 1 aliphatic heterocycles. The van der Waals surface area contributed by atoms with Crippen molar-refractivity contribution in [2.24, 2.45) is 40.4 Å². The van der Waals surface area contributed by atoms with Crippen molar-refractivity contribution in [2.75, 3.05) is 20.8 Å². The van der Waals surface area contributed by atoms with Gasteiger partial charge in [-0.25, -0.2) is 0 Å². The second-order valence-electron chi connectivity index (χ2n) is 13.2. The van der Waals surface area contributed by atoms with Gasteiger partial charge in [-0.3, -0.25) is 0 Å². The minimum atomic E-state index is -0.655. The van der Waals surface area contributed by atoms with Crippen LogP contribution in [0.5, 0.6) is 0 Å². The molecule has 4 heteroatoms. The number of methoxy groups -OCH3 is 2. The van der Waals surface area contributed by atoms with Gasteiger partial charge in [0.15, 0.2) is 0 Å². The summed E-state index contributed by atoms with van der Waals surface area (Å²) in [6.45, 7) is 12.5. The molecule has 192 valence electrons. The number of allylic oxidation sites excluding steroid dienone is 2. The Morgan fingerprint density at radius 1 is 1.18 bits per heavy atom. The minimum absolute atomic E-state index is 0.0351. The highest BCUT2D eigenvalue weighted by Crippen LogP contribution is 2.70. The van der Waals surface area contributed by atoms with Crippen LogP contribution in [-0.2, 0) is 14.2 Å². The Morgan fingerprint density at radius 3 is 2.65 bits per heavy atom. The van der Waals surface area contributed by atoms with E-state index in [0.29, 0.717) is 17.8 Å². The first kappa shape index (κ1) is 24.8. The van der Waals surface area contributed by atoms with Gasteiger partial charge in [0.2, 0.25) is 0 Å². The van der Waals surface area contributed by atoms with Gasteiger partial charge in [0.05, 0.1) is 5.60 Å². The third-order valence-electron chi connectivity index (χ3n) is 11.3. The Balaban J connectivity index is 1.44. The van der Waals surface area contributed by atoms with Gasteiger partial charge in [-0.1, -0.05) is 39.3 Å². The van der Waals surface area contributed by atoms with E-state index in [1.54, 1.807) is 19.8 Å². The third kappa shape index (κ3) is 3.41. The molecule has 0 saturated heterocycles. The maximum atomic E-state index is 12.6. The molecule has 0 bridgehead atoms. The molecule has 4 nitrogen and oxygen atoms in total. The number of fused-ring (bicyclic) bond motifs is 7. The third-order valence-corrected chi connectivity index (χ3v) is 11.3. The molecule has 0 aromatic carbocycles. The van der Waals surface area contributed by atoms with Crippen LogP contribution in [0.3, 0.4) is 0 Å². The van der Waals surface area contributed by atoms with E-state index in [-0.39, 0.29) is 29.0 Å². The molecule has 0 radical (unpaired) electrons. The molecule has 3 fully saturated rings. The lowest BCUT2D eigenvalue weighted by atomic mass is 9.45. The van der Waals surface area contributed by atoms with Gasteiger partial charge in [0.1, 0.15) is 18.0 Å². The molecule has 34 heavy (non-hydrogen) atoms. The van der Waals surface area contributed by atoms with Crippen LogP contribution in [-0.4, -0.2) is 43.7 Å². The van der Waals surface area contributed by atoms with Crippen LogP contribution in [0.15, 0.2) is 23.0 Å². The maximum absolute atomic E-state index is 12.6. The van der Waals surface area contributed by atoms with Crippen LogP contribution in [0.25, 0.3) is 0 Å². The summed E-state index contributed by atoms with van der Waals surface area (Å²) in [7, 11) is 3.55. The van der Waals surface area contributed by atoms with Gasteiger partial charge >= 0.3 is 0 Å². The van der Waals surface area contributed by atoms with Crippen LogP contribution >= 0.6 is 0 Å². The standard InChI is InChI=1S/C30H48O4/c1-18-10-12-28(4)21(14-18)8-9-23-22(28)11-13-29(5)26-20(3)27(34-25(26)16-30(23,29)31)24(33-7)15-19(2)17-32-6/h8,18-19,22-26,31H,9-17H2,1-7H3. The lowest BCUT2D eigenvalue weighted by molar-refractivity contribution is -0.176. The zero-order valence-corrected chi connectivity index (χ0v) is 22.7. The zero-order chi connectivity index (χ0) is 24.5. The van der Waals surface area contributed by atoms with E-state index < -0.39 is 5.60 Å². The second-order valence-corrected chi connectivity index (χ2v) is 13.2. The largest absolute Gasteiger partial charge is 0.491 e. The lowest BCUT2D eigenvalue weighted by Gasteiger charge is -2.61. The molecule has 10 unspecified atom stereocenters. The van der Waals surface area contributed by atoms with Crippen LogP contribution in [0.2, 0.25) is 0 Å². The lowest BCUT2D eigenvalue weighted by Crippen LogP contribution is -2.60. The SMILES string of the molecule is COCC(C)CC(OC)C1=C(C)C2C(CC3(O)C4CC=C5CC(C)CCC5(C)C4CCC23C)O1. The summed E-state index contributed by atoms with van der Waals surface area (Å²) in [6, 6.07) is 0. The van der Waals surface area contributed by atoms with E-state index >= 15 is 0 Å². The molecule has 0 amide bonds. The fourth-order valence-corrected chi connectivity index (χ4v) is 9.46. The van der Waals surface area contributed by atoms with Crippen molar-refractivity contribution in [1.82, 2.24) is 0 Å². The molecule has 0 spiro atoms. The highest BCUT2D eigenvalue weighted by Gasteiger charge is 2.71. The van der Waals surface area contributed by atoms with Gasteiger partial charge in [-0.05, 0) is 86.5 Å². The molecule has 0 aromatic rings. The molecule has 10 atom stereocenters. The monoisotopic (exact) mass is 472 g/mol. The minimum Gasteiger partial charge on any atom is -0.491 e. The molecule has 4 aliphatic carbocycles. The van der Waals surface area contributed by atoms with Gasteiger partial charge in [-0.15, -0.1) is 0 Å². The fourth-order valence-electron chi connectivity index (χ4n) is 9.46. The van der Waals surface area contributed by atoms with E-state index in [1.807, 2.05) is 0 Å². The predicted molar refractivity (Wildman–Crippen MR) is 135 cm³/mol. The Hall–Kier alpha value is -0.840. The highest BCUT2D eigenvalue weighted by atomic mass is 16.5. The van der Waals surface area contributed by atoms with Crippen molar-refractivity contribution >= 4 is 0 Å². The zero-order valence-electron chi connectivity index (χ0n) is 22.7. The Labute approximate surface area is 207 Å². The average Bonchev–Trinajstić information content (AvgIpc) is 3.23. The van der Waals surface area contributed by atoms with Gasteiger partial charge < -0.3 is 19.3 Å². The van der Waals surface area contributed by atoms with E-state index in [4.69, 9.17) is 14.2 Å². The smallest absolute Gasteiger partial charge is 0.125 e. The van der Waals surface area contributed by atoms with Crippen molar-refractivity contribution in [2.45, 2.75) is 104 Å². The summed E-state index contributed by atoms with van der Waals surface area (Å²) < 4.78 is 18.0. The number of rotatable bonds is 6. The first-order valence-electron chi connectivity index (χ1n) is 13.9. The van der Waals surface area contributed by atoms with Crippen molar-refractivity contribution in [3.8, 4) is 0 Å². The van der Waals surface area contributed by atoms with Gasteiger partial charge in [-0.2, -0.15) is 0 Å². The fraction of sp³-hybridized carbons (Fsp3) is 0.867. The number of ether oxygens (including phenoxy) is 3. The molecular weight excluding hydrogens is 424 g/mol. The van der Waals surface area contributed by atoms with E-state index in [2.05, 4.69) is 40.7 Å². The number of aliphatic hydroxyl groups is 1. The summed E-state index contributed by atoms with van der Waals surface area (Å²) in [6.07, 6.45) is 11.5. The first-order valence-corrected chi connectivity index (χ1v) is 13.9. The van der Waals surface area contributed by atoms with E-state index in [0.717, 1.165) is 44.0 Å². The number of hydrogen-bond donors (Lipinski definition) is 1. The van der Waals surface area contributed by atoms with E-state index in [9.17, 15) is 5.11 Å². The van der Waals surface area contributed by atoms with Crippen LogP contribution < -0.4 is 0 Å². The molecular formula is C30H48O4. The van der Waals surface area contributed by atoms with Crippen LogP contribution in [0.4, 0.5) is 0 Å². The van der Waals surface area contributed by atoms with E-state index in [1.165, 1.54) is 31.3 Å². The maximum Gasteiger partial charge on any atom is 0.125 e. The quantitative estimate of drug-likeness (QED) is 0.462. The van der Waals surface area contributed by atoms with Crippen LogP contribution in [0, 0.1) is 40.4 Å². The molecule has 5 aliphatic rings. The van der Waals surface area contributed by atoms with Gasteiger partial charge in [0.25, 0.3) is 0 Å². The number of hydrogen-bond acceptors (Lipinski definition) is 4. The molecule has 1 heterocycles. The summed E-state index contributed by atoms with van der Waals surface area (Å²) in [5.41, 5.74) is 2.51. The summed E-state index contributed by atoms with van der Waals surface area (Å²) >= 11 is 0. The Morgan fingerprint density at radius 2 is 1.94 bits per heavy atom. The topological polar surface area (TPSA) is 47.9 Å². The Kier molecular flexibility index (Phi) is 6.30. The van der Waals surface area contributed by atoms with Crippen LogP contribution in [0.1, 0.15) is 86.0 Å². The van der Waals surface area contributed by atoms with Crippen molar-refractivity contribution in [1.29, 1.82) is 0 Å². The highest BCUT2D eigenvalue weighted by molar-refractivity contribution is 5.34.